The molecule has 0 spiro atoms. The van der Waals surface area contributed by atoms with E-state index in [1.165, 1.54) is 16.4 Å². The lowest BCUT2D eigenvalue weighted by molar-refractivity contribution is 0.366. The molecule has 0 saturated heterocycles. The van der Waals surface area contributed by atoms with Gasteiger partial charge in [-0.25, -0.2) is 12.8 Å². The van der Waals surface area contributed by atoms with Crippen LogP contribution in [0.4, 0.5) is 4.39 Å². The molecule has 1 N–H and O–H groups in total. The van der Waals surface area contributed by atoms with Crippen LogP contribution in [0.15, 0.2) is 23.1 Å². The van der Waals surface area contributed by atoms with E-state index in [1.54, 1.807) is 26.8 Å². The standard InChI is InChI=1S/C15H25FN2O2S/c1-6-18(12(4)5)21(19,20)15-9-13(7-8-14(15)16)10-17-11(2)3/h7-9,11-12,17H,6,10H2,1-5H3. The van der Waals surface area contributed by atoms with E-state index < -0.39 is 15.8 Å². The third kappa shape index (κ3) is 4.49. The minimum absolute atomic E-state index is 0.211. The molecule has 120 valence electrons. The van der Waals surface area contributed by atoms with Gasteiger partial charge in [0.25, 0.3) is 0 Å². The van der Waals surface area contributed by atoms with Crippen LogP contribution in [-0.4, -0.2) is 31.4 Å². The SMILES string of the molecule is CCN(C(C)C)S(=O)(=O)c1cc(CNC(C)C)ccc1F. The van der Waals surface area contributed by atoms with Crippen LogP contribution in [0.3, 0.4) is 0 Å². The predicted octanol–water partition coefficient (Wildman–Crippen LogP) is 2.74. The molecule has 1 aromatic carbocycles. The van der Waals surface area contributed by atoms with Crippen molar-refractivity contribution in [1.82, 2.24) is 9.62 Å². The van der Waals surface area contributed by atoms with Crippen LogP contribution in [0.1, 0.15) is 40.2 Å². The number of benzene rings is 1. The largest absolute Gasteiger partial charge is 0.310 e. The highest BCUT2D eigenvalue weighted by atomic mass is 32.2. The third-order valence-electron chi connectivity index (χ3n) is 3.18. The summed E-state index contributed by atoms with van der Waals surface area (Å²) in [7, 11) is -3.81. The van der Waals surface area contributed by atoms with E-state index >= 15 is 0 Å². The molecule has 0 fully saturated rings. The van der Waals surface area contributed by atoms with E-state index in [0.717, 1.165) is 5.56 Å². The Morgan fingerprint density at radius 3 is 2.33 bits per heavy atom. The number of rotatable bonds is 7. The highest BCUT2D eigenvalue weighted by molar-refractivity contribution is 7.89. The van der Waals surface area contributed by atoms with Gasteiger partial charge in [-0.3, -0.25) is 0 Å². The molecule has 0 aliphatic heterocycles. The van der Waals surface area contributed by atoms with Gasteiger partial charge < -0.3 is 5.32 Å². The molecule has 21 heavy (non-hydrogen) atoms. The van der Waals surface area contributed by atoms with Crippen molar-refractivity contribution in [3.63, 3.8) is 0 Å². The molecule has 0 aliphatic carbocycles. The van der Waals surface area contributed by atoms with Gasteiger partial charge in [-0.05, 0) is 31.5 Å². The lowest BCUT2D eigenvalue weighted by atomic mass is 10.2. The second-order valence-electron chi connectivity index (χ2n) is 5.60. The molecule has 0 atom stereocenters. The Morgan fingerprint density at radius 2 is 1.86 bits per heavy atom. The van der Waals surface area contributed by atoms with E-state index in [9.17, 15) is 12.8 Å². The summed E-state index contributed by atoms with van der Waals surface area (Å²) in [5.74, 6) is -0.706. The minimum Gasteiger partial charge on any atom is -0.310 e. The summed E-state index contributed by atoms with van der Waals surface area (Å²) in [5, 5.41) is 3.19. The zero-order chi connectivity index (χ0) is 16.2. The monoisotopic (exact) mass is 316 g/mol. The van der Waals surface area contributed by atoms with Crippen molar-refractivity contribution >= 4 is 10.0 Å². The maximum absolute atomic E-state index is 14.0. The fourth-order valence-corrected chi connectivity index (χ4v) is 3.88. The van der Waals surface area contributed by atoms with Gasteiger partial charge in [0.15, 0.2) is 0 Å². The van der Waals surface area contributed by atoms with E-state index in [2.05, 4.69) is 5.32 Å². The first-order valence-corrected chi connectivity index (χ1v) is 8.67. The van der Waals surface area contributed by atoms with Gasteiger partial charge in [0.1, 0.15) is 10.7 Å². The Bertz CT molecular complexity index is 571. The van der Waals surface area contributed by atoms with Crippen LogP contribution < -0.4 is 5.32 Å². The molecule has 0 aliphatic rings. The average molecular weight is 316 g/mol. The Kier molecular flexibility index (Phi) is 6.31. The Morgan fingerprint density at radius 1 is 1.24 bits per heavy atom. The van der Waals surface area contributed by atoms with E-state index in [0.29, 0.717) is 13.1 Å². The predicted molar refractivity (Wildman–Crippen MR) is 83.1 cm³/mol. The number of sulfonamides is 1. The third-order valence-corrected chi connectivity index (χ3v) is 5.35. The van der Waals surface area contributed by atoms with Gasteiger partial charge in [0.05, 0.1) is 0 Å². The summed E-state index contributed by atoms with van der Waals surface area (Å²) in [6.07, 6.45) is 0. The first-order valence-electron chi connectivity index (χ1n) is 7.23. The molecule has 0 amide bonds. The zero-order valence-electron chi connectivity index (χ0n) is 13.4. The van der Waals surface area contributed by atoms with E-state index in [-0.39, 0.29) is 17.0 Å². The Balaban J connectivity index is 3.19. The summed E-state index contributed by atoms with van der Waals surface area (Å²) in [6.45, 7) is 10.1. The zero-order valence-corrected chi connectivity index (χ0v) is 14.2. The molecule has 1 rings (SSSR count). The van der Waals surface area contributed by atoms with E-state index in [4.69, 9.17) is 0 Å². The summed E-state index contributed by atoms with van der Waals surface area (Å²) in [4.78, 5) is -0.249. The summed E-state index contributed by atoms with van der Waals surface area (Å²) < 4.78 is 40.5. The molecule has 6 heteroatoms. The maximum Gasteiger partial charge on any atom is 0.246 e. The lowest BCUT2D eigenvalue weighted by Crippen LogP contribution is -2.37. The molecular formula is C15H25FN2O2S. The normalized spacial score (nSPS) is 12.6. The van der Waals surface area contributed by atoms with Gasteiger partial charge in [-0.15, -0.1) is 0 Å². The summed E-state index contributed by atoms with van der Waals surface area (Å²) in [6, 6.07) is 4.31. The van der Waals surface area contributed by atoms with Gasteiger partial charge >= 0.3 is 0 Å². The number of nitrogens with one attached hydrogen (secondary N) is 1. The minimum atomic E-state index is -3.81. The molecular weight excluding hydrogens is 291 g/mol. The molecule has 4 nitrogen and oxygen atoms in total. The fourth-order valence-electron chi connectivity index (χ4n) is 2.12. The van der Waals surface area contributed by atoms with E-state index in [1.807, 2.05) is 13.8 Å². The molecule has 0 aromatic heterocycles. The quantitative estimate of drug-likeness (QED) is 0.841. The molecule has 0 saturated carbocycles. The molecule has 0 heterocycles. The van der Waals surface area contributed by atoms with Crippen molar-refractivity contribution in [3.05, 3.63) is 29.6 Å². The van der Waals surface area contributed by atoms with Gasteiger partial charge in [0.2, 0.25) is 10.0 Å². The smallest absolute Gasteiger partial charge is 0.246 e. The molecule has 1 aromatic rings. The van der Waals surface area contributed by atoms with Crippen molar-refractivity contribution in [2.75, 3.05) is 6.54 Å². The van der Waals surface area contributed by atoms with Gasteiger partial charge in [-0.1, -0.05) is 26.8 Å². The number of hydrogen-bond donors (Lipinski definition) is 1. The van der Waals surface area contributed by atoms with Crippen LogP contribution in [0.2, 0.25) is 0 Å². The Hall–Kier alpha value is -0.980. The molecule has 0 unspecified atom stereocenters. The fraction of sp³-hybridized carbons (Fsp3) is 0.600. The molecule has 0 bridgehead atoms. The van der Waals surface area contributed by atoms with Crippen LogP contribution >= 0.6 is 0 Å². The highest BCUT2D eigenvalue weighted by Crippen LogP contribution is 2.22. The van der Waals surface area contributed by atoms with Crippen molar-refractivity contribution < 1.29 is 12.8 Å². The highest BCUT2D eigenvalue weighted by Gasteiger charge is 2.28. The summed E-state index contributed by atoms with van der Waals surface area (Å²) in [5.41, 5.74) is 0.753. The van der Waals surface area contributed by atoms with Gasteiger partial charge in [0, 0.05) is 25.2 Å². The van der Waals surface area contributed by atoms with Crippen molar-refractivity contribution in [2.24, 2.45) is 0 Å². The van der Waals surface area contributed by atoms with Crippen LogP contribution in [-0.2, 0) is 16.6 Å². The van der Waals surface area contributed by atoms with Crippen LogP contribution in [0.5, 0.6) is 0 Å². The number of hydrogen-bond acceptors (Lipinski definition) is 3. The first-order chi connectivity index (χ1) is 9.70. The average Bonchev–Trinajstić information content (AvgIpc) is 2.37. The molecule has 0 radical (unpaired) electrons. The first kappa shape index (κ1) is 18.1. The lowest BCUT2D eigenvalue weighted by Gasteiger charge is -2.24. The van der Waals surface area contributed by atoms with Gasteiger partial charge in [-0.2, -0.15) is 4.31 Å². The number of halogens is 1. The second kappa shape index (κ2) is 7.33. The van der Waals surface area contributed by atoms with Crippen LogP contribution in [0, 0.1) is 5.82 Å². The van der Waals surface area contributed by atoms with Crippen molar-refractivity contribution in [2.45, 2.75) is 58.1 Å². The topological polar surface area (TPSA) is 49.4 Å². The van der Waals surface area contributed by atoms with Crippen molar-refractivity contribution in [3.8, 4) is 0 Å². The van der Waals surface area contributed by atoms with Crippen LogP contribution in [0.25, 0.3) is 0 Å². The Labute approximate surface area is 127 Å². The second-order valence-corrected chi connectivity index (χ2v) is 7.46. The van der Waals surface area contributed by atoms with Crippen molar-refractivity contribution in [1.29, 1.82) is 0 Å². The maximum atomic E-state index is 14.0. The summed E-state index contributed by atoms with van der Waals surface area (Å²) >= 11 is 0. The number of nitrogens with zero attached hydrogens (tertiary/aromatic N) is 1.